The number of hydrogen-bond donors (Lipinski definition) is 1. The SMILES string of the molecule is Nc1ccccc1N=P(CP(c1ccccc1)c1ccccc1)(c1ccccc1)c1ccccc1. The first kappa shape index (κ1) is 23.3. The van der Waals surface area contributed by atoms with E-state index in [0.29, 0.717) is 5.69 Å². The summed E-state index contributed by atoms with van der Waals surface area (Å²) in [5.74, 6) is 0.929. The van der Waals surface area contributed by atoms with Gasteiger partial charge in [0.05, 0.1) is 11.4 Å². The Morgan fingerprint density at radius 2 is 0.914 bits per heavy atom. The largest absolute Gasteiger partial charge is 0.397 e. The fourth-order valence-corrected chi connectivity index (χ4v) is 12.6. The van der Waals surface area contributed by atoms with E-state index < -0.39 is 15.0 Å². The van der Waals surface area contributed by atoms with E-state index in [9.17, 15) is 0 Å². The fraction of sp³-hybridized carbons (Fsp3) is 0.0323. The van der Waals surface area contributed by atoms with Crippen LogP contribution in [0.3, 0.4) is 0 Å². The zero-order valence-electron chi connectivity index (χ0n) is 19.5. The lowest BCUT2D eigenvalue weighted by atomic mass is 10.3. The molecular weight excluding hydrogens is 462 g/mol. The number of nitrogens with two attached hydrogens (primary N) is 1. The third-order valence-corrected chi connectivity index (χ3v) is 13.5. The van der Waals surface area contributed by atoms with E-state index >= 15 is 0 Å². The van der Waals surface area contributed by atoms with Gasteiger partial charge in [0.1, 0.15) is 0 Å². The summed E-state index contributed by atoms with van der Waals surface area (Å²) in [6, 6.07) is 51.5. The second kappa shape index (κ2) is 10.9. The topological polar surface area (TPSA) is 38.4 Å². The first-order valence-corrected chi connectivity index (χ1v) is 15.2. The van der Waals surface area contributed by atoms with Gasteiger partial charge in [0, 0.05) is 13.0 Å². The highest BCUT2D eigenvalue weighted by Crippen LogP contribution is 2.59. The predicted octanol–water partition coefficient (Wildman–Crippen LogP) is 6.84. The van der Waals surface area contributed by atoms with Crippen molar-refractivity contribution in [2.75, 3.05) is 11.6 Å². The minimum atomic E-state index is -2.26. The molecule has 0 saturated heterocycles. The zero-order chi connectivity index (χ0) is 23.9. The summed E-state index contributed by atoms with van der Waals surface area (Å²) < 4.78 is 5.62. The van der Waals surface area contributed by atoms with E-state index in [1.54, 1.807) is 0 Å². The lowest BCUT2D eigenvalue weighted by molar-refractivity contribution is 1.54. The molecule has 172 valence electrons. The van der Waals surface area contributed by atoms with Crippen LogP contribution in [0.5, 0.6) is 0 Å². The molecule has 0 bridgehead atoms. The van der Waals surface area contributed by atoms with Crippen molar-refractivity contribution in [1.29, 1.82) is 0 Å². The Morgan fingerprint density at radius 1 is 0.514 bits per heavy atom. The Hall–Kier alpha value is -3.44. The fourth-order valence-electron chi connectivity index (χ4n) is 4.30. The summed E-state index contributed by atoms with van der Waals surface area (Å²) in [6.45, 7) is 0. The van der Waals surface area contributed by atoms with Gasteiger partial charge in [0.25, 0.3) is 0 Å². The van der Waals surface area contributed by atoms with Crippen LogP contribution < -0.4 is 27.0 Å². The molecular formula is C31H28N2P2. The van der Waals surface area contributed by atoms with Crippen molar-refractivity contribution in [3.05, 3.63) is 146 Å². The lowest BCUT2D eigenvalue weighted by Gasteiger charge is -2.31. The maximum atomic E-state index is 6.47. The number of benzene rings is 5. The van der Waals surface area contributed by atoms with E-state index in [4.69, 9.17) is 10.5 Å². The molecule has 5 aromatic rings. The number of rotatable bonds is 7. The van der Waals surface area contributed by atoms with Crippen LogP contribution in [0.2, 0.25) is 0 Å². The molecule has 0 heterocycles. The van der Waals surface area contributed by atoms with Gasteiger partial charge in [0.15, 0.2) is 0 Å². The average molecular weight is 491 g/mol. The highest BCUT2D eigenvalue weighted by atomic mass is 31.2. The van der Waals surface area contributed by atoms with Crippen LogP contribution in [0, 0.1) is 0 Å². The Morgan fingerprint density at radius 3 is 1.37 bits per heavy atom. The van der Waals surface area contributed by atoms with Crippen molar-refractivity contribution in [3.8, 4) is 0 Å². The van der Waals surface area contributed by atoms with Gasteiger partial charge < -0.3 is 5.73 Å². The van der Waals surface area contributed by atoms with Crippen molar-refractivity contribution in [2.24, 2.45) is 4.74 Å². The van der Waals surface area contributed by atoms with Crippen LogP contribution >= 0.6 is 15.0 Å². The number of nitrogens with zero attached hydrogens (tertiary/aromatic N) is 1. The van der Waals surface area contributed by atoms with Crippen molar-refractivity contribution >= 4 is 47.6 Å². The van der Waals surface area contributed by atoms with Crippen LogP contribution in [0.15, 0.2) is 150 Å². The first-order valence-electron chi connectivity index (χ1n) is 11.7. The van der Waals surface area contributed by atoms with Crippen LogP contribution in [0.4, 0.5) is 11.4 Å². The maximum absolute atomic E-state index is 6.47. The Balaban J connectivity index is 1.82. The first-order chi connectivity index (χ1) is 17.3. The van der Waals surface area contributed by atoms with E-state index in [1.165, 1.54) is 21.2 Å². The van der Waals surface area contributed by atoms with Crippen molar-refractivity contribution in [2.45, 2.75) is 0 Å². The second-order valence-electron chi connectivity index (χ2n) is 8.34. The summed E-state index contributed by atoms with van der Waals surface area (Å²) in [4.78, 5) is 0. The molecule has 5 rings (SSSR count). The Kier molecular flexibility index (Phi) is 7.24. The maximum Gasteiger partial charge on any atom is 0.0850 e. The molecule has 35 heavy (non-hydrogen) atoms. The van der Waals surface area contributed by atoms with Crippen molar-refractivity contribution in [1.82, 2.24) is 0 Å². The molecule has 0 spiro atoms. The molecule has 0 aliphatic rings. The summed E-state index contributed by atoms with van der Waals surface area (Å²) >= 11 is 0. The quantitative estimate of drug-likeness (QED) is 0.197. The van der Waals surface area contributed by atoms with Crippen LogP contribution in [0.1, 0.15) is 0 Å². The highest BCUT2D eigenvalue weighted by Gasteiger charge is 2.30. The molecule has 0 aliphatic heterocycles. The molecule has 0 fully saturated rings. The third kappa shape index (κ3) is 5.15. The average Bonchev–Trinajstić information content (AvgIpc) is 2.94. The standard InChI is InChI=1S/C31H28N2P2/c32-30-23-13-14-24-31(30)33-35(28-19-9-3-10-20-28,29-21-11-4-12-22-29)25-34(26-15-5-1-6-16-26)27-17-7-2-8-18-27/h1-24H,25,32H2. The molecule has 0 aliphatic carbocycles. The molecule has 0 unspecified atom stereocenters. The van der Waals surface area contributed by atoms with Crippen LogP contribution in [-0.4, -0.2) is 5.90 Å². The van der Waals surface area contributed by atoms with Gasteiger partial charge in [-0.15, -0.1) is 0 Å². The van der Waals surface area contributed by atoms with Gasteiger partial charge in [-0.25, -0.2) is 0 Å². The highest BCUT2D eigenvalue weighted by molar-refractivity contribution is 7.92. The van der Waals surface area contributed by atoms with E-state index in [0.717, 1.165) is 11.6 Å². The summed E-state index contributed by atoms with van der Waals surface area (Å²) in [7, 11) is -2.94. The van der Waals surface area contributed by atoms with Gasteiger partial charge in [0.2, 0.25) is 0 Å². The van der Waals surface area contributed by atoms with E-state index in [2.05, 4.69) is 121 Å². The number of nitrogen functional groups attached to an aromatic ring is 1. The molecule has 0 saturated carbocycles. The molecule has 0 aromatic heterocycles. The zero-order valence-corrected chi connectivity index (χ0v) is 21.3. The minimum absolute atomic E-state index is 0.677. The Labute approximate surface area is 209 Å². The summed E-state index contributed by atoms with van der Waals surface area (Å²) in [5, 5.41) is 5.27. The smallest absolute Gasteiger partial charge is 0.0850 e. The van der Waals surface area contributed by atoms with Crippen LogP contribution in [0.25, 0.3) is 0 Å². The normalized spacial score (nSPS) is 11.3. The lowest BCUT2D eigenvalue weighted by Crippen LogP contribution is -2.23. The van der Waals surface area contributed by atoms with Gasteiger partial charge in [-0.3, -0.25) is 4.74 Å². The molecule has 4 heteroatoms. The minimum Gasteiger partial charge on any atom is -0.397 e. The van der Waals surface area contributed by atoms with E-state index in [-0.39, 0.29) is 0 Å². The number of hydrogen-bond acceptors (Lipinski definition) is 2. The van der Waals surface area contributed by atoms with Gasteiger partial charge in [-0.2, -0.15) is 0 Å². The molecule has 0 atom stereocenters. The monoisotopic (exact) mass is 490 g/mol. The van der Waals surface area contributed by atoms with Gasteiger partial charge >= 0.3 is 0 Å². The molecule has 2 N–H and O–H groups in total. The summed E-state index contributed by atoms with van der Waals surface area (Å²) in [6.07, 6.45) is 0. The second-order valence-corrected chi connectivity index (χ2v) is 14.1. The summed E-state index contributed by atoms with van der Waals surface area (Å²) in [5.41, 5.74) is 8.05. The van der Waals surface area contributed by atoms with E-state index in [1.807, 2.05) is 24.3 Å². The van der Waals surface area contributed by atoms with Gasteiger partial charge in [-0.1, -0.05) is 133 Å². The molecule has 0 amide bonds. The molecule has 0 radical (unpaired) electrons. The molecule has 5 aromatic carbocycles. The molecule has 2 nitrogen and oxygen atoms in total. The number of anilines is 1. The van der Waals surface area contributed by atoms with Crippen molar-refractivity contribution in [3.63, 3.8) is 0 Å². The third-order valence-electron chi connectivity index (χ3n) is 6.06. The van der Waals surface area contributed by atoms with Crippen molar-refractivity contribution < 1.29 is 0 Å². The van der Waals surface area contributed by atoms with Gasteiger partial charge in [-0.05, 0) is 41.3 Å². The predicted molar refractivity (Wildman–Crippen MR) is 156 cm³/mol. The Bertz CT molecular complexity index is 1340. The van der Waals surface area contributed by atoms with Crippen LogP contribution in [-0.2, 0) is 0 Å². The number of para-hydroxylation sites is 1.